The van der Waals surface area contributed by atoms with E-state index in [9.17, 15) is 5.11 Å². The largest absolute Gasteiger partial charge is 0.508 e. The maximum Gasteiger partial charge on any atom is 0.258 e. The molecular formula is C16H13N3O2. The molecule has 1 aromatic heterocycles. The van der Waals surface area contributed by atoms with Crippen molar-refractivity contribution in [2.24, 2.45) is 0 Å². The molecule has 104 valence electrons. The Kier molecular flexibility index (Phi) is 2.64. The first-order valence-corrected chi connectivity index (χ1v) is 6.80. The predicted molar refractivity (Wildman–Crippen MR) is 79.0 cm³/mol. The highest BCUT2D eigenvalue weighted by atomic mass is 16.5. The van der Waals surface area contributed by atoms with E-state index in [0.717, 1.165) is 29.8 Å². The van der Waals surface area contributed by atoms with E-state index < -0.39 is 0 Å². The molecule has 21 heavy (non-hydrogen) atoms. The van der Waals surface area contributed by atoms with Crippen LogP contribution in [0.3, 0.4) is 0 Å². The SMILES string of the molecule is Oc1cccc(-c2noc(-c3ccc4c(c3)NCC4)n2)c1. The van der Waals surface area contributed by atoms with E-state index >= 15 is 0 Å². The van der Waals surface area contributed by atoms with E-state index in [1.54, 1.807) is 18.2 Å². The third-order valence-corrected chi connectivity index (χ3v) is 3.60. The number of anilines is 1. The minimum absolute atomic E-state index is 0.181. The average Bonchev–Trinajstić information content (AvgIpc) is 3.15. The smallest absolute Gasteiger partial charge is 0.258 e. The van der Waals surface area contributed by atoms with Gasteiger partial charge in [-0.05, 0) is 36.2 Å². The zero-order valence-electron chi connectivity index (χ0n) is 11.2. The van der Waals surface area contributed by atoms with Crippen molar-refractivity contribution < 1.29 is 9.63 Å². The van der Waals surface area contributed by atoms with Crippen molar-refractivity contribution in [1.82, 2.24) is 10.1 Å². The average molecular weight is 279 g/mol. The van der Waals surface area contributed by atoms with E-state index in [2.05, 4.69) is 21.5 Å². The van der Waals surface area contributed by atoms with E-state index in [0.29, 0.717) is 11.7 Å². The first kappa shape index (κ1) is 12.0. The first-order chi connectivity index (χ1) is 10.3. The molecular weight excluding hydrogens is 266 g/mol. The topological polar surface area (TPSA) is 71.2 Å². The van der Waals surface area contributed by atoms with Gasteiger partial charge in [0.25, 0.3) is 5.89 Å². The van der Waals surface area contributed by atoms with Gasteiger partial charge in [-0.2, -0.15) is 4.98 Å². The summed E-state index contributed by atoms with van der Waals surface area (Å²) in [5, 5.41) is 16.8. The fourth-order valence-electron chi connectivity index (χ4n) is 2.53. The Labute approximate surface area is 121 Å². The molecule has 0 atom stereocenters. The zero-order valence-corrected chi connectivity index (χ0v) is 11.2. The maximum atomic E-state index is 9.51. The lowest BCUT2D eigenvalue weighted by molar-refractivity contribution is 0.432. The lowest BCUT2D eigenvalue weighted by Gasteiger charge is -2.00. The zero-order chi connectivity index (χ0) is 14.2. The molecule has 0 spiro atoms. The Morgan fingerprint density at radius 1 is 1.10 bits per heavy atom. The summed E-state index contributed by atoms with van der Waals surface area (Å²) in [5.74, 6) is 1.12. The summed E-state index contributed by atoms with van der Waals surface area (Å²) in [5.41, 5.74) is 4.06. The lowest BCUT2D eigenvalue weighted by atomic mass is 10.1. The van der Waals surface area contributed by atoms with Crippen molar-refractivity contribution in [3.05, 3.63) is 48.0 Å². The predicted octanol–water partition coefficient (Wildman–Crippen LogP) is 3.08. The number of fused-ring (bicyclic) bond motifs is 1. The van der Waals surface area contributed by atoms with Crippen molar-refractivity contribution in [2.45, 2.75) is 6.42 Å². The lowest BCUT2D eigenvalue weighted by Crippen LogP contribution is -1.91. The van der Waals surface area contributed by atoms with Crippen LogP contribution in [0.2, 0.25) is 0 Å². The molecule has 0 unspecified atom stereocenters. The highest BCUT2D eigenvalue weighted by Crippen LogP contribution is 2.29. The van der Waals surface area contributed by atoms with Gasteiger partial charge in [0, 0.05) is 23.4 Å². The van der Waals surface area contributed by atoms with Crippen molar-refractivity contribution in [3.63, 3.8) is 0 Å². The summed E-state index contributed by atoms with van der Waals surface area (Å²) in [7, 11) is 0. The second kappa shape index (κ2) is 4.63. The van der Waals surface area contributed by atoms with Gasteiger partial charge in [0.15, 0.2) is 0 Å². The number of nitrogens with zero attached hydrogens (tertiary/aromatic N) is 2. The van der Waals surface area contributed by atoms with Gasteiger partial charge in [0.2, 0.25) is 5.82 Å². The molecule has 5 heteroatoms. The summed E-state index contributed by atoms with van der Waals surface area (Å²) in [4.78, 5) is 4.40. The second-order valence-corrected chi connectivity index (χ2v) is 5.02. The molecule has 2 aromatic carbocycles. The number of phenolic OH excluding ortho intramolecular Hbond substituents is 1. The van der Waals surface area contributed by atoms with Gasteiger partial charge in [-0.3, -0.25) is 0 Å². The first-order valence-electron chi connectivity index (χ1n) is 6.80. The molecule has 3 aromatic rings. The number of rotatable bonds is 2. The molecule has 4 rings (SSSR count). The van der Waals surface area contributed by atoms with Gasteiger partial charge in [0.05, 0.1) is 0 Å². The molecule has 0 bridgehead atoms. The number of nitrogens with one attached hydrogen (secondary N) is 1. The molecule has 2 heterocycles. The Hall–Kier alpha value is -2.82. The third kappa shape index (κ3) is 2.12. The normalized spacial score (nSPS) is 13.0. The van der Waals surface area contributed by atoms with Crippen LogP contribution in [-0.2, 0) is 6.42 Å². The summed E-state index contributed by atoms with van der Waals surface area (Å²) in [6.45, 7) is 0.969. The number of hydrogen-bond acceptors (Lipinski definition) is 5. The van der Waals surface area contributed by atoms with Gasteiger partial charge < -0.3 is 14.9 Å². The van der Waals surface area contributed by atoms with Crippen molar-refractivity contribution >= 4 is 5.69 Å². The number of hydrogen-bond donors (Lipinski definition) is 2. The number of phenols is 1. The fourth-order valence-corrected chi connectivity index (χ4v) is 2.53. The molecule has 1 aliphatic rings. The summed E-state index contributed by atoms with van der Waals surface area (Å²) < 4.78 is 5.33. The molecule has 0 aliphatic carbocycles. The summed E-state index contributed by atoms with van der Waals surface area (Å²) in [6, 6.07) is 12.9. The maximum absolute atomic E-state index is 9.51. The van der Waals surface area contributed by atoms with Crippen LogP contribution in [-0.4, -0.2) is 21.8 Å². The van der Waals surface area contributed by atoms with Crippen LogP contribution in [0.1, 0.15) is 5.56 Å². The molecule has 5 nitrogen and oxygen atoms in total. The van der Waals surface area contributed by atoms with Crippen LogP contribution >= 0.6 is 0 Å². The molecule has 0 saturated carbocycles. The molecule has 1 aliphatic heterocycles. The standard InChI is InChI=1S/C16H13N3O2/c20-13-3-1-2-11(8-13)15-18-16(21-19-15)12-5-4-10-6-7-17-14(10)9-12/h1-5,8-9,17,20H,6-7H2. The van der Waals surface area contributed by atoms with E-state index in [4.69, 9.17) is 4.52 Å². The van der Waals surface area contributed by atoms with Gasteiger partial charge in [0.1, 0.15) is 5.75 Å². The van der Waals surface area contributed by atoms with Crippen molar-refractivity contribution in [3.8, 4) is 28.6 Å². The van der Waals surface area contributed by atoms with E-state index in [1.807, 2.05) is 18.2 Å². The minimum atomic E-state index is 0.181. The summed E-state index contributed by atoms with van der Waals surface area (Å²) in [6.07, 6.45) is 1.05. The van der Waals surface area contributed by atoms with Crippen LogP contribution in [0.5, 0.6) is 5.75 Å². The Morgan fingerprint density at radius 2 is 2.05 bits per heavy atom. The monoisotopic (exact) mass is 279 g/mol. The fraction of sp³-hybridized carbons (Fsp3) is 0.125. The van der Waals surface area contributed by atoms with Crippen LogP contribution < -0.4 is 5.32 Å². The molecule has 0 amide bonds. The molecule has 0 fully saturated rings. The highest BCUT2D eigenvalue weighted by Gasteiger charge is 2.15. The van der Waals surface area contributed by atoms with Gasteiger partial charge in [-0.1, -0.05) is 23.4 Å². The Morgan fingerprint density at radius 3 is 2.95 bits per heavy atom. The van der Waals surface area contributed by atoms with Crippen molar-refractivity contribution in [1.29, 1.82) is 0 Å². The number of benzene rings is 2. The Bertz CT molecular complexity index is 811. The van der Waals surface area contributed by atoms with E-state index in [1.165, 1.54) is 5.56 Å². The minimum Gasteiger partial charge on any atom is -0.508 e. The quantitative estimate of drug-likeness (QED) is 0.754. The van der Waals surface area contributed by atoms with Gasteiger partial charge in [-0.25, -0.2) is 0 Å². The molecule has 0 radical (unpaired) electrons. The van der Waals surface area contributed by atoms with Crippen LogP contribution in [0, 0.1) is 0 Å². The van der Waals surface area contributed by atoms with Gasteiger partial charge >= 0.3 is 0 Å². The van der Waals surface area contributed by atoms with Crippen molar-refractivity contribution in [2.75, 3.05) is 11.9 Å². The van der Waals surface area contributed by atoms with Crippen LogP contribution in [0.15, 0.2) is 47.0 Å². The number of aromatic nitrogens is 2. The molecule has 0 saturated heterocycles. The number of aromatic hydroxyl groups is 1. The second-order valence-electron chi connectivity index (χ2n) is 5.02. The van der Waals surface area contributed by atoms with Crippen LogP contribution in [0.25, 0.3) is 22.8 Å². The van der Waals surface area contributed by atoms with E-state index in [-0.39, 0.29) is 5.75 Å². The third-order valence-electron chi connectivity index (χ3n) is 3.60. The Balaban J connectivity index is 1.71. The molecule has 2 N–H and O–H groups in total. The highest BCUT2D eigenvalue weighted by molar-refractivity contribution is 5.68. The van der Waals surface area contributed by atoms with Crippen LogP contribution in [0.4, 0.5) is 5.69 Å². The summed E-state index contributed by atoms with van der Waals surface area (Å²) >= 11 is 0. The van der Waals surface area contributed by atoms with Gasteiger partial charge in [-0.15, -0.1) is 0 Å².